The molecule has 20 heavy (non-hydrogen) atoms. The molecule has 1 aromatic rings. The van der Waals surface area contributed by atoms with Crippen LogP contribution < -0.4 is 5.73 Å². The van der Waals surface area contributed by atoms with Crippen LogP contribution in [-0.4, -0.2) is 30.3 Å². The molecule has 112 valence electrons. The van der Waals surface area contributed by atoms with Crippen LogP contribution in [0.2, 0.25) is 0 Å². The molecule has 0 radical (unpaired) electrons. The minimum atomic E-state index is -3.83. The van der Waals surface area contributed by atoms with Gasteiger partial charge in [0.05, 0.1) is 10.5 Å². The summed E-state index contributed by atoms with van der Waals surface area (Å²) in [6.45, 7) is 5.73. The van der Waals surface area contributed by atoms with Crippen molar-refractivity contribution in [3.63, 3.8) is 0 Å². The van der Waals surface area contributed by atoms with Crippen LogP contribution in [0, 0.1) is 5.82 Å². The van der Waals surface area contributed by atoms with E-state index in [1.54, 1.807) is 13.8 Å². The van der Waals surface area contributed by atoms with Crippen LogP contribution in [0.4, 0.5) is 4.39 Å². The van der Waals surface area contributed by atoms with E-state index in [4.69, 9.17) is 18.0 Å². The molecule has 0 spiro atoms. The smallest absolute Gasteiger partial charge is 0.244 e. The van der Waals surface area contributed by atoms with Gasteiger partial charge in [0.25, 0.3) is 0 Å². The lowest BCUT2D eigenvalue weighted by atomic mass is 10.2. The zero-order valence-corrected chi connectivity index (χ0v) is 13.4. The molecule has 0 heterocycles. The van der Waals surface area contributed by atoms with E-state index >= 15 is 0 Å². The molecule has 1 aromatic carbocycles. The zero-order chi connectivity index (χ0) is 15.5. The summed E-state index contributed by atoms with van der Waals surface area (Å²) in [6, 6.07) is 3.63. The maximum Gasteiger partial charge on any atom is 0.244 e. The highest BCUT2D eigenvalue weighted by Crippen LogP contribution is 2.24. The molecule has 0 amide bonds. The van der Waals surface area contributed by atoms with Crippen molar-refractivity contribution in [2.45, 2.75) is 38.1 Å². The molecule has 4 nitrogen and oxygen atoms in total. The van der Waals surface area contributed by atoms with Crippen molar-refractivity contribution in [2.75, 3.05) is 6.54 Å². The van der Waals surface area contributed by atoms with Gasteiger partial charge in [-0.15, -0.1) is 0 Å². The summed E-state index contributed by atoms with van der Waals surface area (Å²) < 4.78 is 40.5. The van der Waals surface area contributed by atoms with Gasteiger partial charge in [-0.05, 0) is 25.5 Å². The number of benzene rings is 1. The molecule has 1 atom stereocenters. The quantitative estimate of drug-likeness (QED) is 0.817. The Hall–Kier alpha value is -1.05. The molecule has 2 N–H and O–H groups in total. The van der Waals surface area contributed by atoms with Crippen LogP contribution in [0.3, 0.4) is 0 Å². The highest BCUT2D eigenvalue weighted by Gasteiger charge is 2.30. The van der Waals surface area contributed by atoms with Crippen molar-refractivity contribution in [3.05, 3.63) is 29.6 Å². The third-order valence-corrected chi connectivity index (χ3v) is 5.54. The van der Waals surface area contributed by atoms with Crippen LogP contribution in [0.25, 0.3) is 0 Å². The molecule has 1 unspecified atom stereocenters. The number of thiocarbonyl (C=S) groups is 1. The van der Waals surface area contributed by atoms with E-state index in [1.807, 2.05) is 6.92 Å². The number of sulfonamides is 1. The minimum absolute atomic E-state index is 0.174. The van der Waals surface area contributed by atoms with Crippen LogP contribution in [0.5, 0.6) is 0 Å². The summed E-state index contributed by atoms with van der Waals surface area (Å²) in [5.41, 5.74) is 5.25. The predicted octanol–water partition coefficient (Wildman–Crippen LogP) is 2.27. The van der Waals surface area contributed by atoms with Gasteiger partial charge in [-0.25, -0.2) is 12.8 Å². The van der Waals surface area contributed by atoms with Crippen LogP contribution in [0.15, 0.2) is 23.1 Å². The topological polar surface area (TPSA) is 63.4 Å². The van der Waals surface area contributed by atoms with Gasteiger partial charge in [-0.1, -0.05) is 32.1 Å². The number of nitrogens with two attached hydrogens (primary N) is 1. The lowest BCUT2D eigenvalue weighted by molar-refractivity contribution is 0.342. The standard InChI is InChI=1S/C13H19FN2O2S2/c1-4-9(3)16(5-2)20(17,18)11-8-6-7-10(14)12(11)13(15)19/h6-9H,4-5H2,1-3H3,(H2,15,19). The van der Waals surface area contributed by atoms with Crippen LogP contribution in [0.1, 0.15) is 32.8 Å². The Balaban J connectivity index is 3.50. The van der Waals surface area contributed by atoms with Gasteiger partial charge in [0.2, 0.25) is 10.0 Å². The molecule has 1 rings (SSSR count). The highest BCUT2D eigenvalue weighted by molar-refractivity contribution is 7.89. The van der Waals surface area contributed by atoms with Gasteiger partial charge in [-0.2, -0.15) is 4.31 Å². The van der Waals surface area contributed by atoms with E-state index in [0.29, 0.717) is 13.0 Å². The SMILES string of the molecule is CCC(C)N(CC)S(=O)(=O)c1cccc(F)c1C(N)=S. The number of rotatable bonds is 6. The zero-order valence-electron chi connectivity index (χ0n) is 11.8. The van der Waals surface area contributed by atoms with E-state index in [1.165, 1.54) is 16.4 Å². The van der Waals surface area contributed by atoms with E-state index < -0.39 is 15.8 Å². The first-order chi connectivity index (χ1) is 9.27. The van der Waals surface area contributed by atoms with Crippen LogP contribution in [-0.2, 0) is 10.0 Å². The fourth-order valence-corrected chi connectivity index (χ4v) is 4.21. The van der Waals surface area contributed by atoms with Crippen LogP contribution >= 0.6 is 12.2 Å². The third-order valence-electron chi connectivity index (χ3n) is 3.20. The molecule has 0 aliphatic carbocycles. The van der Waals surface area contributed by atoms with Crippen molar-refractivity contribution >= 4 is 27.2 Å². The summed E-state index contributed by atoms with van der Waals surface area (Å²) in [5, 5.41) is 0. The first kappa shape index (κ1) is 17.0. The fraction of sp³-hybridized carbons (Fsp3) is 0.462. The Bertz CT molecular complexity index is 602. The molecule has 0 aliphatic rings. The molecule has 7 heteroatoms. The van der Waals surface area contributed by atoms with Gasteiger partial charge in [0.15, 0.2) is 0 Å². The van der Waals surface area contributed by atoms with E-state index in [0.717, 1.165) is 6.07 Å². The molecule has 0 aromatic heterocycles. The van der Waals surface area contributed by atoms with Gasteiger partial charge in [0.1, 0.15) is 10.8 Å². The lowest BCUT2D eigenvalue weighted by Gasteiger charge is -2.27. The average Bonchev–Trinajstić information content (AvgIpc) is 2.38. The molecule has 0 saturated heterocycles. The summed E-state index contributed by atoms with van der Waals surface area (Å²) in [7, 11) is -3.83. The van der Waals surface area contributed by atoms with Crippen molar-refractivity contribution in [2.24, 2.45) is 5.73 Å². The van der Waals surface area contributed by atoms with Crippen molar-refractivity contribution in [3.8, 4) is 0 Å². The maximum atomic E-state index is 13.8. The van der Waals surface area contributed by atoms with Gasteiger partial charge in [-0.3, -0.25) is 0 Å². The molecular formula is C13H19FN2O2S2. The van der Waals surface area contributed by atoms with E-state index in [2.05, 4.69) is 0 Å². The lowest BCUT2D eigenvalue weighted by Crippen LogP contribution is -2.39. The van der Waals surface area contributed by atoms with Gasteiger partial charge >= 0.3 is 0 Å². The largest absolute Gasteiger partial charge is 0.389 e. The Kier molecular flexibility index (Phi) is 5.61. The second kappa shape index (κ2) is 6.60. The number of halogens is 1. The minimum Gasteiger partial charge on any atom is -0.389 e. The number of nitrogens with zero attached hydrogens (tertiary/aromatic N) is 1. The molecule has 0 saturated carbocycles. The normalized spacial score (nSPS) is 13.4. The van der Waals surface area contributed by atoms with Crippen molar-refractivity contribution < 1.29 is 12.8 Å². The number of hydrogen-bond acceptors (Lipinski definition) is 3. The maximum absolute atomic E-state index is 13.8. The summed E-state index contributed by atoms with van der Waals surface area (Å²) in [4.78, 5) is -0.436. The third kappa shape index (κ3) is 3.16. The molecular weight excluding hydrogens is 299 g/mol. The average molecular weight is 318 g/mol. The second-order valence-electron chi connectivity index (χ2n) is 4.44. The van der Waals surface area contributed by atoms with E-state index in [9.17, 15) is 12.8 Å². The Morgan fingerprint density at radius 3 is 2.50 bits per heavy atom. The van der Waals surface area contributed by atoms with Gasteiger partial charge in [0, 0.05) is 12.6 Å². The summed E-state index contributed by atoms with van der Waals surface area (Å²) in [6.07, 6.45) is 0.658. The summed E-state index contributed by atoms with van der Waals surface area (Å²) >= 11 is 4.78. The number of hydrogen-bond donors (Lipinski definition) is 1. The molecule has 0 bridgehead atoms. The molecule has 0 aliphatic heterocycles. The Morgan fingerprint density at radius 1 is 1.45 bits per heavy atom. The monoisotopic (exact) mass is 318 g/mol. The first-order valence-electron chi connectivity index (χ1n) is 6.37. The first-order valence-corrected chi connectivity index (χ1v) is 8.22. The fourth-order valence-electron chi connectivity index (χ4n) is 2.01. The summed E-state index contributed by atoms with van der Waals surface area (Å²) in [5.74, 6) is -0.723. The Morgan fingerprint density at radius 2 is 2.05 bits per heavy atom. The highest BCUT2D eigenvalue weighted by atomic mass is 32.2. The Labute approximate surface area is 124 Å². The van der Waals surface area contributed by atoms with Gasteiger partial charge < -0.3 is 5.73 Å². The van der Waals surface area contributed by atoms with E-state index in [-0.39, 0.29) is 21.5 Å². The second-order valence-corrected chi connectivity index (χ2v) is 6.74. The predicted molar refractivity (Wildman–Crippen MR) is 81.6 cm³/mol. The van der Waals surface area contributed by atoms with Crippen molar-refractivity contribution in [1.82, 2.24) is 4.31 Å². The molecule has 0 fully saturated rings. The van der Waals surface area contributed by atoms with Crippen molar-refractivity contribution in [1.29, 1.82) is 0 Å².